The highest BCUT2D eigenvalue weighted by atomic mass is 16.3. The molecule has 0 bridgehead atoms. The van der Waals surface area contributed by atoms with Gasteiger partial charge >= 0.3 is 0 Å². The minimum Gasteiger partial charge on any atom is -0.506 e. The lowest BCUT2D eigenvalue weighted by Gasteiger charge is -2.01. The van der Waals surface area contributed by atoms with Crippen LogP contribution in [0.15, 0.2) is 65.0 Å². The first-order chi connectivity index (χ1) is 9.74. The van der Waals surface area contributed by atoms with E-state index in [1.807, 2.05) is 30.3 Å². The molecule has 0 spiro atoms. The van der Waals surface area contributed by atoms with Crippen LogP contribution in [0.2, 0.25) is 0 Å². The van der Waals surface area contributed by atoms with Crippen LogP contribution in [0.1, 0.15) is 0 Å². The van der Waals surface area contributed by atoms with Gasteiger partial charge in [-0.05, 0) is 36.4 Å². The third kappa shape index (κ3) is 2.29. The Morgan fingerprint density at radius 3 is 2.75 bits per heavy atom. The highest BCUT2D eigenvalue weighted by Crippen LogP contribution is 2.33. The number of fused-ring (bicyclic) bond motifs is 1. The van der Waals surface area contributed by atoms with Gasteiger partial charge in [0.05, 0.1) is 16.9 Å². The van der Waals surface area contributed by atoms with Crippen molar-refractivity contribution >= 4 is 28.0 Å². The van der Waals surface area contributed by atoms with Crippen LogP contribution in [0.3, 0.4) is 0 Å². The number of phenols is 1. The normalized spacial score (nSPS) is 11.2. The number of nitrogens with two attached hydrogens (primary N) is 1. The van der Waals surface area contributed by atoms with E-state index in [0.29, 0.717) is 11.4 Å². The van der Waals surface area contributed by atoms with Crippen molar-refractivity contribution in [1.82, 2.24) is 4.98 Å². The summed E-state index contributed by atoms with van der Waals surface area (Å²) in [7, 11) is 0. The molecule has 3 rings (SSSR count). The average molecular weight is 264 g/mol. The number of azo groups is 1. The summed E-state index contributed by atoms with van der Waals surface area (Å²) < 4.78 is 0. The summed E-state index contributed by atoms with van der Waals surface area (Å²) >= 11 is 0. The molecule has 3 aromatic rings. The number of pyridine rings is 1. The molecule has 0 unspecified atom stereocenters. The van der Waals surface area contributed by atoms with E-state index in [1.54, 1.807) is 18.3 Å². The number of nitrogen functional groups attached to an aromatic ring is 1. The van der Waals surface area contributed by atoms with Crippen LogP contribution >= 0.6 is 0 Å². The molecular formula is C15H12N4O. The van der Waals surface area contributed by atoms with E-state index in [9.17, 15) is 5.11 Å². The number of rotatable bonds is 2. The number of benzene rings is 2. The molecule has 0 atom stereocenters. The van der Waals surface area contributed by atoms with Crippen molar-refractivity contribution in [3.8, 4) is 5.75 Å². The van der Waals surface area contributed by atoms with Crippen molar-refractivity contribution in [2.24, 2.45) is 10.2 Å². The minimum atomic E-state index is 0.0104. The van der Waals surface area contributed by atoms with E-state index in [4.69, 9.17) is 5.73 Å². The summed E-state index contributed by atoms with van der Waals surface area (Å²) in [4.78, 5) is 4.24. The maximum Gasteiger partial charge on any atom is 0.150 e. The topological polar surface area (TPSA) is 83.9 Å². The number of nitrogens with zero attached hydrogens (tertiary/aromatic N) is 3. The fourth-order valence-corrected chi connectivity index (χ4v) is 1.89. The summed E-state index contributed by atoms with van der Waals surface area (Å²) in [6.07, 6.45) is 1.74. The van der Waals surface area contributed by atoms with E-state index in [-0.39, 0.29) is 11.4 Å². The zero-order valence-corrected chi connectivity index (χ0v) is 10.6. The molecule has 5 nitrogen and oxygen atoms in total. The number of aromatic hydroxyl groups is 1. The fraction of sp³-hybridized carbons (Fsp3) is 0. The van der Waals surface area contributed by atoms with Gasteiger partial charge in [0.2, 0.25) is 0 Å². The van der Waals surface area contributed by atoms with Gasteiger partial charge in [0.15, 0.2) is 5.69 Å². The van der Waals surface area contributed by atoms with Gasteiger partial charge in [0.1, 0.15) is 5.75 Å². The number of hydrogen-bond acceptors (Lipinski definition) is 5. The molecule has 0 aliphatic rings. The van der Waals surface area contributed by atoms with E-state index < -0.39 is 0 Å². The van der Waals surface area contributed by atoms with Crippen LogP contribution in [-0.4, -0.2) is 10.1 Å². The molecule has 5 heteroatoms. The molecule has 0 aliphatic heterocycles. The van der Waals surface area contributed by atoms with E-state index in [2.05, 4.69) is 15.2 Å². The Bertz CT molecular complexity index is 778. The van der Waals surface area contributed by atoms with Crippen molar-refractivity contribution in [3.63, 3.8) is 0 Å². The number of hydrogen-bond donors (Lipinski definition) is 2. The van der Waals surface area contributed by atoms with Gasteiger partial charge in [-0.1, -0.05) is 12.1 Å². The molecule has 1 aromatic heterocycles. The third-order valence-corrected chi connectivity index (χ3v) is 2.90. The molecule has 1 heterocycles. The zero-order valence-electron chi connectivity index (χ0n) is 10.6. The fourth-order valence-electron chi connectivity index (χ4n) is 1.89. The van der Waals surface area contributed by atoms with E-state index in [1.165, 1.54) is 6.07 Å². The molecule has 98 valence electrons. The number of anilines is 1. The van der Waals surface area contributed by atoms with Gasteiger partial charge in [-0.15, -0.1) is 5.11 Å². The number of aromatic nitrogens is 1. The predicted molar refractivity (Wildman–Crippen MR) is 78.4 cm³/mol. The van der Waals surface area contributed by atoms with Crippen LogP contribution in [0.4, 0.5) is 17.1 Å². The first-order valence-electron chi connectivity index (χ1n) is 6.08. The van der Waals surface area contributed by atoms with Crippen molar-refractivity contribution in [1.29, 1.82) is 0 Å². The quantitative estimate of drug-likeness (QED) is 0.543. The SMILES string of the molecule is Nc1cccc(O)c1N=Nc1ccc2ncccc2c1. The van der Waals surface area contributed by atoms with Crippen molar-refractivity contribution in [2.45, 2.75) is 0 Å². The Kier molecular flexibility index (Phi) is 3.01. The smallest absolute Gasteiger partial charge is 0.150 e. The lowest BCUT2D eigenvalue weighted by molar-refractivity contribution is 0.476. The number of phenolic OH excluding ortho intramolecular Hbond substituents is 1. The average Bonchev–Trinajstić information content (AvgIpc) is 2.46. The van der Waals surface area contributed by atoms with Crippen LogP contribution in [0.5, 0.6) is 5.75 Å². The maximum atomic E-state index is 9.70. The third-order valence-electron chi connectivity index (χ3n) is 2.90. The first-order valence-corrected chi connectivity index (χ1v) is 6.08. The van der Waals surface area contributed by atoms with E-state index >= 15 is 0 Å². The molecule has 2 aromatic carbocycles. The van der Waals surface area contributed by atoms with Crippen LogP contribution in [-0.2, 0) is 0 Å². The maximum absolute atomic E-state index is 9.70. The van der Waals surface area contributed by atoms with Crippen LogP contribution in [0, 0.1) is 0 Å². The Morgan fingerprint density at radius 2 is 1.90 bits per heavy atom. The zero-order chi connectivity index (χ0) is 13.9. The van der Waals surface area contributed by atoms with E-state index in [0.717, 1.165) is 10.9 Å². The van der Waals surface area contributed by atoms with Crippen LogP contribution in [0.25, 0.3) is 10.9 Å². The second-order valence-corrected chi connectivity index (χ2v) is 4.30. The van der Waals surface area contributed by atoms with Gasteiger partial charge in [0.25, 0.3) is 0 Å². The molecule has 0 aliphatic carbocycles. The van der Waals surface area contributed by atoms with Gasteiger partial charge in [0, 0.05) is 11.6 Å². The lowest BCUT2D eigenvalue weighted by atomic mass is 10.2. The molecule has 20 heavy (non-hydrogen) atoms. The van der Waals surface area contributed by atoms with Gasteiger partial charge in [-0.3, -0.25) is 4.98 Å². The highest BCUT2D eigenvalue weighted by Gasteiger charge is 2.03. The van der Waals surface area contributed by atoms with Gasteiger partial charge < -0.3 is 10.8 Å². The summed E-state index contributed by atoms with van der Waals surface area (Å²) in [5.74, 6) is 0.0104. The van der Waals surface area contributed by atoms with Gasteiger partial charge in [-0.25, -0.2) is 0 Å². The summed E-state index contributed by atoms with van der Waals surface area (Å²) in [6.45, 7) is 0. The van der Waals surface area contributed by atoms with Crippen molar-refractivity contribution < 1.29 is 5.11 Å². The second kappa shape index (κ2) is 4.97. The molecule has 0 fully saturated rings. The molecule has 0 saturated heterocycles. The Balaban J connectivity index is 1.98. The van der Waals surface area contributed by atoms with Crippen molar-refractivity contribution in [2.75, 3.05) is 5.73 Å². The van der Waals surface area contributed by atoms with Crippen LogP contribution < -0.4 is 5.73 Å². The molecule has 0 amide bonds. The summed E-state index contributed by atoms with van der Waals surface area (Å²) in [5, 5.41) is 18.8. The molecular weight excluding hydrogens is 252 g/mol. The van der Waals surface area contributed by atoms with Gasteiger partial charge in [-0.2, -0.15) is 5.11 Å². The first kappa shape index (κ1) is 12.1. The van der Waals surface area contributed by atoms with Crippen molar-refractivity contribution in [3.05, 3.63) is 54.7 Å². The monoisotopic (exact) mass is 264 g/mol. The summed E-state index contributed by atoms with van der Waals surface area (Å²) in [5.41, 5.74) is 7.99. The molecule has 0 radical (unpaired) electrons. The Labute approximate surface area is 115 Å². The largest absolute Gasteiger partial charge is 0.506 e. The Morgan fingerprint density at radius 1 is 1.00 bits per heavy atom. The molecule has 0 saturated carbocycles. The molecule has 3 N–H and O–H groups in total. The minimum absolute atomic E-state index is 0.0104. The predicted octanol–water partition coefficient (Wildman–Crippen LogP) is 3.94. The second-order valence-electron chi connectivity index (χ2n) is 4.30. The summed E-state index contributed by atoms with van der Waals surface area (Å²) in [6, 6.07) is 14.2. The highest BCUT2D eigenvalue weighted by molar-refractivity contribution is 5.81. The standard InChI is InChI=1S/C15H12N4O/c16-12-4-1-5-14(20)15(12)19-18-11-6-7-13-10(9-11)3-2-8-17-13/h1-9,20H,16H2. The Hall–Kier alpha value is -2.95. The lowest BCUT2D eigenvalue weighted by Crippen LogP contribution is -1.84.